The van der Waals surface area contributed by atoms with Crippen LogP contribution in [0.3, 0.4) is 0 Å². The summed E-state index contributed by atoms with van der Waals surface area (Å²) in [7, 11) is 2.14. The van der Waals surface area contributed by atoms with Gasteiger partial charge in [0, 0.05) is 31.6 Å². The quantitative estimate of drug-likeness (QED) is 0.694. The first kappa shape index (κ1) is 16.4. The predicted octanol–water partition coefficient (Wildman–Crippen LogP) is 1.88. The van der Waals surface area contributed by atoms with Crippen molar-refractivity contribution in [1.29, 1.82) is 0 Å². The lowest BCUT2D eigenvalue weighted by Crippen LogP contribution is -2.46. The van der Waals surface area contributed by atoms with Crippen LogP contribution in [-0.2, 0) is 4.79 Å². The Morgan fingerprint density at radius 1 is 1.32 bits per heavy atom. The number of carbonyl (C=O) groups is 1. The van der Waals surface area contributed by atoms with E-state index >= 15 is 0 Å². The van der Waals surface area contributed by atoms with Gasteiger partial charge in [-0.25, -0.2) is 0 Å². The van der Waals surface area contributed by atoms with Crippen LogP contribution in [0, 0.1) is 0 Å². The topological polar surface area (TPSA) is 58.4 Å². The van der Waals surface area contributed by atoms with E-state index in [1.807, 2.05) is 0 Å². The molecule has 1 fully saturated rings. The second-order valence-electron chi connectivity index (χ2n) is 5.75. The molecule has 1 unspecified atom stereocenters. The van der Waals surface area contributed by atoms with Crippen LogP contribution in [0.4, 0.5) is 0 Å². The summed E-state index contributed by atoms with van der Waals surface area (Å²) in [5, 5.41) is 2.95. The van der Waals surface area contributed by atoms with Gasteiger partial charge in [-0.2, -0.15) is 0 Å². The SMILES string of the molecule is CCCNC(=O)CC(CN)N(C)C1CCCCCC1. The minimum Gasteiger partial charge on any atom is -0.356 e. The van der Waals surface area contributed by atoms with E-state index in [0.29, 0.717) is 19.0 Å². The summed E-state index contributed by atoms with van der Waals surface area (Å²) in [6.07, 6.45) is 9.36. The molecule has 19 heavy (non-hydrogen) atoms. The highest BCUT2D eigenvalue weighted by atomic mass is 16.1. The predicted molar refractivity (Wildman–Crippen MR) is 80.0 cm³/mol. The fourth-order valence-electron chi connectivity index (χ4n) is 2.91. The van der Waals surface area contributed by atoms with E-state index < -0.39 is 0 Å². The molecule has 0 bridgehead atoms. The molecule has 0 aromatic rings. The molecule has 0 saturated heterocycles. The van der Waals surface area contributed by atoms with Gasteiger partial charge in [0.1, 0.15) is 0 Å². The number of amides is 1. The molecule has 112 valence electrons. The second-order valence-corrected chi connectivity index (χ2v) is 5.75. The van der Waals surface area contributed by atoms with Crippen LogP contribution < -0.4 is 11.1 Å². The van der Waals surface area contributed by atoms with Crippen LogP contribution in [0.2, 0.25) is 0 Å². The zero-order chi connectivity index (χ0) is 14.1. The average Bonchev–Trinajstić information content (AvgIpc) is 2.70. The second kappa shape index (κ2) is 9.32. The van der Waals surface area contributed by atoms with E-state index in [9.17, 15) is 4.79 Å². The van der Waals surface area contributed by atoms with Crippen molar-refractivity contribution in [3.63, 3.8) is 0 Å². The molecule has 4 nitrogen and oxygen atoms in total. The maximum atomic E-state index is 11.8. The first-order chi connectivity index (χ1) is 9.19. The summed E-state index contributed by atoms with van der Waals surface area (Å²) in [6, 6.07) is 0.787. The third kappa shape index (κ3) is 5.91. The lowest BCUT2D eigenvalue weighted by atomic mass is 10.0. The molecule has 1 aliphatic rings. The van der Waals surface area contributed by atoms with Gasteiger partial charge in [0.25, 0.3) is 0 Å². The number of carbonyl (C=O) groups excluding carboxylic acids is 1. The van der Waals surface area contributed by atoms with Crippen molar-refractivity contribution in [1.82, 2.24) is 10.2 Å². The smallest absolute Gasteiger partial charge is 0.221 e. The van der Waals surface area contributed by atoms with Crippen molar-refractivity contribution in [2.24, 2.45) is 5.73 Å². The van der Waals surface area contributed by atoms with Crippen molar-refractivity contribution in [2.45, 2.75) is 70.4 Å². The summed E-state index contributed by atoms with van der Waals surface area (Å²) in [4.78, 5) is 14.2. The molecule has 1 rings (SSSR count). The van der Waals surface area contributed by atoms with Crippen LogP contribution in [0.1, 0.15) is 58.3 Å². The van der Waals surface area contributed by atoms with Crippen molar-refractivity contribution in [3.8, 4) is 0 Å². The first-order valence-electron chi connectivity index (χ1n) is 7.87. The largest absolute Gasteiger partial charge is 0.356 e. The molecule has 3 N–H and O–H groups in total. The summed E-state index contributed by atoms with van der Waals surface area (Å²) < 4.78 is 0. The van der Waals surface area contributed by atoms with Gasteiger partial charge in [-0.3, -0.25) is 9.69 Å². The monoisotopic (exact) mass is 269 g/mol. The number of likely N-dealkylation sites (N-methyl/N-ethyl adjacent to an activating group) is 1. The van der Waals surface area contributed by atoms with Crippen molar-refractivity contribution in [3.05, 3.63) is 0 Å². The highest BCUT2D eigenvalue weighted by molar-refractivity contribution is 5.76. The first-order valence-corrected chi connectivity index (χ1v) is 7.87. The third-order valence-corrected chi connectivity index (χ3v) is 4.24. The molecule has 0 radical (unpaired) electrons. The number of hydrogen-bond acceptors (Lipinski definition) is 3. The highest BCUT2D eigenvalue weighted by Gasteiger charge is 2.24. The van der Waals surface area contributed by atoms with Gasteiger partial charge in [0.2, 0.25) is 5.91 Å². The number of nitrogens with zero attached hydrogens (tertiary/aromatic N) is 1. The lowest BCUT2D eigenvalue weighted by Gasteiger charge is -2.34. The van der Waals surface area contributed by atoms with Crippen LogP contribution >= 0.6 is 0 Å². The molecular formula is C15H31N3O. The van der Waals surface area contributed by atoms with Gasteiger partial charge in [0.05, 0.1) is 0 Å². The summed E-state index contributed by atoms with van der Waals surface area (Å²) in [6.45, 7) is 3.40. The number of rotatable bonds is 7. The van der Waals surface area contributed by atoms with Crippen LogP contribution in [-0.4, -0.2) is 43.0 Å². The van der Waals surface area contributed by atoms with E-state index in [2.05, 4.69) is 24.2 Å². The van der Waals surface area contributed by atoms with Gasteiger partial charge in [-0.15, -0.1) is 0 Å². The molecule has 0 aromatic heterocycles. The fourth-order valence-corrected chi connectivity index (χ4v) is 2.91. The maximum absolute atomic E-state index is 11.8. The van der Waals surface area contributed by atoms with E-state index in [1.54, 1.807) is 0 Å². The minimum atomic E-state index is 0.137. The Morgan fingerprint density at radius 3 is 2.47 bits per heavy atom. The number of nitrogens with two attached hydrogens (primary N) is 1. The Bertz CT molecular complexity index is 250. The van der Waals surface area contributed by atoms with Crippen molar-refractivity contribution in [2.75, 3.05) is 20.1 Å². The molecular weight excluding hydrogens is 238 g/mol. The van der Waals surface area contributed by atoms with Gasteiger partial charge in [-0.1, -0.05) is 32.6 Å². The fraction of sp³-hybridized carbons (Fsp3) is 0.933. The molecule has 1 saturated carbocycles. The van der Waals surface area contributed by atoms with Gasteiger partial charge >= 0.3 is 0 Å². The molecule has 1 aliphatic carbocycles. The van der Waals surface area contributed by atoms with Crippen molar-refractivity contribution < 1.29 is 4.79 Å². The Balaban J connectivity index is 2.45. The molecule has 0 spiro atoms. The molecule has 4 heteroatoms. The lowest BCUT2D eigenvalue weighted by molar-refractivity contribution is -0.122. The molecule has 1 amide bonds. The zero-order valence-electron chi connectivity index (χ0n) is 12.7. The molecule has 0 heterocycles. The van der Waals surface area contributed by atoms with E-state index in [0.717, 1.165) is 13.0 Å². The van der Waals surface area contributed by atoms with Crippen LogP contribution in [0.15, 0.2) is 0 Å². The van der Waals surface area contributed by atoms with E-state index in [-0.39, 0.29) is 11.9 Å². The standard InChI is InChI=1S/C15H31N3O/c1-3-10-17-15(19)11-14(12-16)18(2)13-8-6-4-5-7-9-13/h13-14H,3-12,16H2,1-2H3,(H,17,19). The highest BCUT2D eigenvalue weighted by Crippen LogP contribution is 2.22. The van der Waals surface area contributed by atoms with E-state index in [1.165, 1.54) is 38.5 Å². The molecule has 0 aliphatic heterocycles. The Labute approximate surface area is 118 Å². The Hall–Kier alpha value is -0.610. The summed E-state index contributed by atoms with van der Waals surface area (Å²) in [5.74, 6) is 0.137. The normalized spacial score (nSPS) is 19.2. The van der Waals surface area contributed by atoms with E-state index in [4.69, 9.17) is 5.73 Å². The van der Waals surface area contributed by atoms with Crippen LogP contribution in [0.25, 0.3) is 0 Å². The molecule has 0 aromatic carbocycles. The van der Waals surface area contributed by atoms with Gasteiger partial charge in [0.15, 0.2) is 0 Å². The average molecular weight is 269 g/mol. The van der Waals surface area contributed by atoms with Crippen LogP contribution in [0.5, 0.6) is 0 Å². The van der Waals surface area contributed by atoms with Gasteiger partial charge in [-0.05, 0) is 26.3 Å². The maximum Gasteiger partial charge on any atom is 0.221 e. The van der Waals surface area contributed by atoms with Gasteiger partial charge < -0.3 is 11.1 Å². The Kier molecular flexibility index (Phi) is 8.07. The Morgan fingerprint density at radius 2 is 1.95 bits per heavy atom. The van der Waals surface area contributed by atoms with Crippen molar-refractivity contribution >= 4 is 5.91 Å². The summed E-state index contributed by atoms with van der Waals surface area (Å²) in [5.41, 5.74) is 5.87. The number of hydrogen-bond donors (Lipinski definition) is 2. The summed E-state index contributed by atoms with van der Waals surface area (Å²) >= 11 is 0. The third-order valence-electron chi connectivity index (χ3n) is 4.24. The minimum absolute atomic E-state index is 0.137. The number of nitrogens with one attached hydrogen (secondary N) is 1. The zero-order valence-corrected chi connectivity index (χ0v) is 12.7. The molecule has 1 atom stereocenters.